The van der Waals surface area contributed by atoms with Gasteiger partial charge >= 0.3 is 52.6 Å². The monoisotopic (exact) mass is 332 g/mol. The maximum atomic E-state index is 4.94. The number of halogens is 3. The van der Waals surface area contributed by atoms with Crippen molar-refractivity contribution in [1.82, 2.24) is 0 Å². The third-order valence-corrected chi connectivity index (χ3v) is 2.51. The predicted octanol–water partition coefficient (Wildman–Crippen LogP) is -6.81. The van der Waals surface area contributed by atoms with Crippen LogP contribution in [0.3, 0.4) is 0 Å². The summed E-state index contributed by atoms with van der Waals surface area (Å²) in [4.78, 5) is 0. The fraction of sp³-hybridized carbons (Fsp3) is 0.556. The molecule has 1 nitrogen and oxygen atoms in total. The Morgan fingerprint density at radius 3 is 1.79 bits per heavy atom. The molecule has 1 saturated heterocycles. The SMILES string of the molecule is C1CCOC1.[Cl-].[Cl-].[Cl-].[Zr+3][C]1=CC=CC1. The molecular formula is C9H13Cl3OZr. The van der Waals surface area contributed by atoms with E-state index in [1.54, 1.807) is 28.0 Å². The van der Waals surface area contributed by atoms with E-state index in [-0.39, 0.29) is 37.2 Å². The zero-order chi connectivity index (χ0) is 7.94. The number of hydrogen-bond donors (Lipinski definition) is 0. The van der Waals surface area contributed by atoms with Crippen molar-refractivity contribution in [2.24, 2.45) is 0 Å². The van der Waals surface area contributed by atoms with Crippen LogP contribution in [-0.2, 0) is 29.5 Å². The molecule has 0 unspecified atom stereocenters. The van der Waals surface area contributed by atoms with E-state index in [2.05, 4.69) is 18.2 Å². The van der Waals surface area contributed by atoms with Gasteiger partial charge in [-0.3, -0.25) is 0 Å². The molecule has 0 atom stereocenters. The van der Waals surface area contributed by atoms with Gasteiger partial charge in [0.25, 0.3) is 0 Å². The summed E-state index contributed by atoms with van der Waals surface area (Å²) in [5.41, 5.74) is 0. The molecule has 0 radical (unpaired) electrons. The van der Waals surface area contributed by atoms with E-state index in [0.717, 1.165) is 13.2 Å². The summed E-state index contributed by atoms with van der Waals surface area (Å²) in [6.07, 6.45) is 10.2. The summed E-state index contributed by atoms with van der Waals surface area (Å²) in [5, 5.41) is 0. The van der Waals surface area contributed by atoms with Crippen molar-refractivity contribution >= 4 is 0 Å². The average Bonchev–Trinajstić information content (AvgIpc) is 2.57. The van der Waals surface area contributed by atoms with Gasteiger partial charge in [0, 0.05) is 13.2 Å². The van der Waals surface area contributed by atoms with Gasteiger partial charge in [-0.05, 0) is 12.8 Å². The van der Waals surface area contributed by atoms with Gasteiger partial charge in [0.05, 0.1) is 0 Å². The van der Waals surface area contributed by atoms with Crippen molar-refractivity contribution in [2.45, 2.75) is 19.3 Å². The fourth-order valence-corrected chi connectivity index (χ4v) is 1.48. The van der Waals surface area contributed by atoms with Gasteiger partial charge in [-0.1, -0.05) is 0 Å². The Hall–Kier alpha value is 1.19. The van der Waals surface area contributed by atoms with Crippen LogP contribution in [0.25, 0.3) is 0 Å². The molecule has 1 heterocycles. The molecule has 0 aromatic carbocycles. The van der Waals surface area contributed by atoms with Gasteiger partial charge in [-0.2, -0.15) is 0 Å². The normalized spacial score (nSPS) is 16.6. The third kappa shape index (κ3) is 11.3. The molecule has 2 aliphatic rings. The number of hydrogen-bond acceptors (Lipinski definition) is 1. The Labute approximate surface area is 120 Å². The zero-order valence-corrected chi connectivity index (χ0v) is 12.5. The molecule has 0 aromatic rings. The Kier molecular flexibility index (Phi) is 20.9. The number of allylic oxidation sites excluding steroid dienone is 4. The fourth-order valence-electron chi connectivity index (χ4n) is 0.958. The van der Waals surface area contributed by atoms with Crippen LogP contribution in [-0.4, -0.2) is 13.2 Å². The molecule has 14 heavy (non-hydrogen) atoms. The summed E-state index contributed by atoms with van der Waals surface area (Å²) < 4.78 is 6.50. The van der Waals surface area contributed by atoms with Crippen LogP contribution in [0, 0.1) is 0 Å². The molecule has 1 fully saturated rings. The van der Waals surface area contributed by atoms with E-state index in [1.807, 2.05) is 0 Å². The second-order valence-electron chi connectivity index (χ2n) is 2.64. The first-order chi connectivity index (χ1) is 5.39. The molecule has 5 heteroatoms. The topological polar surface area (TPSA) is 9.23 Å². The van der Waals surface area contributed by atoms with Gasteiger partial charge in [-0.15, -0.1) is 0 Å². The molecule has 2 rings (SSSR count). The minimum absolute atomic E-state index is 0. The van der Waals surface area contributed by atoms with E-state index in [9.17, 15) is 0 Å². The van der Waals surface area contributed by atoms with Gasteiger partial charge in [0.15, 0.2) is 0 Å². The Morgan fingerprint density at radius 1 is 1.07 bits per heavy atom. The van der Waals surface area contributed by atoms with E-state index in [0.29, 0.717) is 0 Å². The van der Waals surface area contributed by atoms with Crippen LogP contribution in [0.15, 0.2) is 21.5 Å². The van der Waals surface area contributed by atoms with Crippen molar-refractivity contribution < 1.29 is 66.7 Å². The van der Waals surface area contributed by atoms with Gasteiger partial charge in [0.2, 0.25) is 0 Å². The van der Waals surface area contributed by atoms with Gasteiger partial charge in [0.1, 0.15) is 0 Å². The first-order valence-electron chi connectivity index (χ1n) is 4.04. The van der Waals surface area contributed by atoms with E-state index >= 15 is 0 Å². The number of rotatable bonds is 0. The minimum atomic E-state index is 0. The van der Waals surface area contributed by atoms with Gasteiger partial charge < -0.3 is 42.0 Å². The molecule has 0 amide bonds. The molecule has 0 bridgehead atoms. The number of ether oxygens (including phenoxy) is 1. The first-order valence-corrected chi connectivity index (χ1v) is 5.27. The molecule has 1 aliphatic heterocycles. The van der Waals surface area contributed by atoms with Crippen LogP contribution in [0.4, 0.5) is 0 Å². The summed E-state index contributed by atoms with van der Waals surface area (Å²) >= 11 is 1.56. The van der Waals surface area contributed by atoms with E-state index < -0.39 is 0 Å². The Bertz CT molecular complexity index is 160. The quantitative estimate of drug-likeness (QED) is 0.428. The van der Waals surface area contributed by atoms with Crippen molar-refractivity contribution in [2.75, 3.05) is 13.2 Å². The van der Waals surface area contributed by atoms with Crippen molar-refractivity contribution in [3.63, 3.8) is 0 Å². The zero-order valence-electron chi connectivity index (χ0n) is 7.81. The Balaban J connectivity index is -0.000000144. The van der Waals surface area contributed by atoms with Crippen molar-refractivity contribution in [3.8, 4) is 0 Å². The molecule has 0 saturated carbocycles. The maximum absolute atomic E-state index is 4.94. The van der Waals surface area contributed by atoms with Crippen molar-refractivity contribution in [1.29, 1.82) is 0 Å². The second-order valence-corrected chi connectivity index (χ2v) is 4.22. The van der Waals surface area contributed by atoms with Crippen LogP contribution in [0.2, 0.25) is 0 Å². The summed E-state index contributed by atoms with van der Waals surface area (Å²) in [7, 11) is 0. The van der Waals surface area contributed by atoms with E-state index in [4.69, 9.17) is 4.74 Å². The van der Waals surface area contributed by atoms with Crippen molar-refractivity contribution in [3.05, 3.63) is 21.5 Å². The van der Waals surface area contributed by atoms with E-state index in [1.165, 1.54) is 19.3 Å². The molecule has 0 spiro atoms. The van der Waals surface area contributed by atoms with Crippen LogP contribution < -0.4 is 37.2 Å². The van der Waals surface area contributed by atoms with Crippen LogP contribution in [0.5, 0.6) is 0 Å². The molecule has 1 aliphatic carbocycles. The third-order valence-electron chi connectivity index (χ3n) is 1.60. The van der Waals surface area contributed by atoms with Crippen LogP contribution >= 0.6 is 0 Å². The Morgan fingerprint density at radius 2 is 1.64 bits per heavy atom. The predicted molar refractivity (Wildman–Crippen MR) is 41.9 cm³/mol. The molecule has 80 valence electrons. The standard InChI is InChI=1S/C5H5.C4H8O.3ClH.Zr/c2*1-2-4-5-3-1;;;;/h1-3H,4H2;1-4H2;3*1H;/q;;;;;+3/p-3. The average molecular weight is 335 g/mol. The molecular weight excluding hydrogens is 322 g/mol. The second kappa shape index (κ2) is 14.2. The van der Waals surface area contributed by atoms with Gasteiger partial charge in [-0.25, -0.2) is 0 Å². The summed E-state index contributed by atoms with van der Waals surface area (Å²) in [6, 6.07) is 0. The van der Waals surface area contributed by atoms with Crippen LogP contribution in [0.1, 0.15) is 19.3 Å². The molecule has 0 N–H and O–H groups in total. The summed E-state index contributed by atoms with van der Waals surface area (Å²) in [5.74, 6) is 0. The molecule has 0 aromatic heterocycles. The first kappa shape index (κ1) is 20.6. The summed E-state index contributed by atoms with van der Waals surface area (Å²) in [6.45, 7) is 2.00.